The van der Waals surface area contributed by atoms with Crippen molar-refractivity contribution in [3.05, 3.63) is 77.4 Å². The zero-order chi connectivity index (χ0) is 15.1. The summed E-state index contributed by atoms with van der Waals surface area (Å²) in [6, 6.07) is 16.6. The van der Waals surface area contributed by atoms with Gasteiger partial charge < -0.3 is 4.74 Å². The standard InChI is InChI=1S/C19H20O2/c1-3-15(2)13-14-21-18-11-9-17(10-12-18)19(20)16-7-5-4-6-8-16/h4-13H,3,14H2,1-2H3. The van der Waals surface area contributed by atoms with Crippen molar-refractivity contribution in [3.8, 4) is 5.75 Å². The number of hydrogen-bond acceptors (Lipinski definition) is 2. The van der Waals surface area contributed by atoms with Crippen molar-refractivity contribution < 1.29 is 9.53 Å². The fourth-order valence-electron chi connectivity index (χ4n) is 1.88. The monoisotopic (exact) mass is 280 g/mol. The van der Waals surface area contributed by atoms with Crippen molar-refractivity contribution >= 4 is 5.78 Å². The van der Waals surface area contributed by atoms with Gasteiger partial charge in [-0.05, 0) is 43.7 Å². The van der Waals surface area contributed by atoms with Crippen LogP contribution in [0.4, 0.5) is 0 Å². The second-order valence-corrected chi connectivity index (χ2v) is 4.93. The van der Waals surface area contributed by atoms with E-state index in [1.165, 1.54) is 5.57 Å². The molecule has 0 N–H and O–H groups in total. The predicted molar refractivity (Wildman–Crippen MR) is 85.9 cm³/mol. The molecule has 0 spiro atoms. The van der Waals surface area contributed by atoms with Crippen LogP contribution in [0.1, 0.15) is 36.2 Å². The molecule has 0 aliphatic rings. The highest BCUT2D eigenvalue weighted by molar-refractivity contribution is 6.08. The number of carbonyl (C=O) groups is 1. The van der Waals surface area contributed by atoms with E-state index in [0.717, 1.165) is 12.2 Å². The Bertz CT molecular complexity index is 610. The number of hydrogen-bond donors (Lipinski definition) is 0. The summed E-state index contributed by atoms with van der Waals surface area (Å²) in [5.41, 5.74) is 2.69. The van der Waals surface area contributed by atoms with Gasteiger partial charge in [-0.1, -0.05) is 42.8 Å². The van der Waals surface area contributed by atoms with Gasteiger partial charge in [0.25, 0.3) is 0 Å². The normalized spacial score (nSPS) is 11.2. The van der Waals surface area contributed by atoms with Crippen LogP contribution in [-0.4, -0.2) is 12.4 Å². The van der Waals surface area contributed by atoms with Crippen molar-refractivity contribution in [1.82, 2.24) is 0 Å². The maximum absolute atomic E-state index is 12.2. The third-order valence-corrected chi connectivity index (χ3v) is 3.39. The first-order valence-electron chi connectivity index (χ1n) is 7.19. The molecular formula is C19H20O2. The third-order valence-electron chi connectivity index (χ3n) is 3.39. The molecule has 2 heteroatoms. The summed E-state index contributed by atoms with van der Waals surface area (Å²) >= 11 is 0. The Hall–Kier alpha value is -2.35. The number of ether oxygens (including phenoxy) is 1. The number of benzene rings is 2. The van der Waals surface area contributed by atoms with E-state index < -0.39 is 0 Å². The van der Waals surface area contributed by atoms with Gasteiger partial charge in [-0.25, -0.2) is 0 Å². The molecule has 2 rings (SSSR count). The van der Waals surface area contributed by atoms with Crippen LogP contribution in [0.3, 0.4) is 0 Å². The van der Waals surface area contributed by atoms with E-state index in [1.54, 1.807) is 12.1 Å². The van der Waals surface area contributed by atoms with E-state index in [1.807, 2.05) is 42.5 Å². The fourth-order valence-corrected chi connectivity index (χ4v) is 1.88. The minimum atomic E-state index is 0.0314. The number of carbonyl (C=O) groups excluding carboxylic acids is 1. The molecule has 0 aliphatic carbocycles. The molecule has 0 bridgehead atoms. The van der Waals surface area contributed by atoms with Crippen LogP contribution in [-0.2, 0) is 0 Å². The van der Waals surface area contributed by atoms with E-state index >= 15 is 0 Å². The van der Waals surface area contributed by atoms with Crippen LogP contribution in [0.5, 0.6) is 5.75 Å². The van der Waals surface area contributed by atoms with Gasteiger partial charge in [0.15, 0.2) is 5.78 Å². The molecular weight excluding hydrogens is 260 g/mol. The molecule has 21 heavy (non-hydrogen) atoms. The molecule has 0 saturated heterocycles. The Morgan fingerprint density at radius 1 is 1.00 bits per heavy atom. The second kappa shape index (κ2) is 7.44. The summed E-state index contributed by atoms with van der Waals surface area (Å²) in [5, 5.41) is 0. The zero-order valence-corrected chi connectivity index (χ0v) is 12.5. The van der Waals surface area contributed by atoms with Crippen molar-refractivity contribution in [3.63, 3.8) is 0 Å². The lowest BCUT2D eigenvalue weighted by molar-refractivity contribution is 0.103. The molecule has 0 radical (unpaired) electrons. The van der Waals surface area contributed by atoms with Crippen LogP contribution >= 0.6 is 0 Å². The lowest BCUT2D eigenvalue weighted by Crippen LogP contribution is -2.01. The minimum Gasteiger partial charge on any atom is -0.490 e. The van der Waals surface area contributed by atoms with E-state index in [0.29, 0.717) is 17.7 Å². The fraction of sp³-hybridized carbons (Fsp3) is 0.211. The van der Waals surface area contributed by atoms with Gasteiger partial charge in [0.05, 0.1) is 0 Å². The highest BCUT2D eigenvalue weighted by Gasteiger charge is 2.08. The van der Waals surface area contributed by atoms with Crippen molar-refractivity contribution in [2.75, 3.05) is 6.61 Å². The second-order valence-electron chi connectivity index (χ2n) is 4.93. The smallest absolute Gasteiger partial charge is 0.193 e. The summed E-state index contributed by atoms with van der Waals surface area (Å²) in [6.07, 6.45) is 3.11. The maximum Gasteiger partial charge on any atom is 0.193 e. The van der Waals surface area contributed by atoms with Gasteiger partial charge in [0.1, 0.15) is 12.4 Å². The van der Waals surface area contributed by atoms with Crippen LogP contribution in [0.2, 0.25) is 0 Å². The molecule has 2 aromatic carbocycles. The van der Waals surface area contributed by atoms with Gasteiger partial charge in [-0.2, -0.15) is 0 Å². The molecule has 2 aromatic rings. The number of ketones is 1. The summed E-state index contributed by atoms with van der Waals surface area (Å²) in [5.74, 6) is 0.809. The maximum atomic E-state index is 12.2. The summed E-state index contributed by atoms with van der Waals surface area (Å²) in [7, 11) is 0. The van der Waals surface area contributed by atoms with Crippen LogP contribution in [0.15, 0.2) is 66.2 Å². The highest BCUT2D eigenvalue weighted by Crippen LogP contribution is 2.15. The molecule has 108 valence electrons. The quantitative estimate of drug-likeness (QED) is 0.568. The van der Waals surface area contributed by atoms with Crippen molar-refractivity contribution in [2.24, 2.45) is 0 Å². The van der Waals surface area contributed by atoms with Crippen LogP contribution in [0.25, 0.3) is 0 Å². The summed E-state index contributed by atoms with van der Waals surface area (Å²) < 4.78 is 5.63. The first-order chi connectivity index (χ1) is 10.2. The average Bonchev–Trinajstić information content (AvgIpc) is 2.55. The first kappa shape index (κ1) is 15.0. The number of allylic oxidation sites excluding steroid dienone is 1. The average molecular weight is 280 g/mol. The molecule has 0 aromatic heterocycles. The Balaban J connectivity index is 2.01. The highest BCUT2D eigenvalue weighted by atomic mass is 16.5. The van der Waals surface area contributed by atoms with Gasteiger partial charge >= 0.3 is 0 Å². The van der Waals surface area contributed by atoms with Crippen molar-refractivity contribution in [1.29, 1.82) is 0 Å². The largest absolute Gasteiger partial charge is 0.490 e. The zero-order valence-electron chi connectivity index (χ0n) is 12.5. The van der Waals surface area contributed by atoms with E-state index in [9.17, 15) is 4.79 Å². The lowest BCUT2D eigenvalue weighted by atomic mass is 10.0. The Kier molecular flexibility index (Phi) is 5.33. The molecule has 0 aliphatic heterocycles. The van der Waals surface area contributed by atoms with Gasteiger partial charge in [0, 0.05) is 11.1 Å². The summed E-state index contributed by atoms with van der Waals surface area (Å²) in [4.78, 5) is 12.2. The molecule has 0 unspecified atom stereocenters. The Morgan fingerprint density at radius 3 is 2.24 bits per heavy atom. The minimum absolute atomic E-state index is 0.0314. The van der Waals surface area contributed by atoms with Gasteiger partial charge in [-0.3, -0.25) is 4.79 Å². The third kappa shape index (κ3) is 4.32. The molecule has 0 saturated carbocycles. The lowest BCUT2D eigenvalue weighted by Gasteiger charge is -2.05. The van der Waals surface area contributed by atoms with Gasteiger partial charge in [-0.15, -0.1) is 0 Å². The SMILES string of the molecule is CCC(C)=CCOc1ccc(C(=O)c2ccccc2)cc1. The Morgan fingerprint density at radius 2 is 1.62 bits per heavy atom. The molecule has 0 fully saturated rings. The van der Waals surface area contributed by atoms with Crippen LogP contribution in [0, 0.1) is 0 Å². The van der Waals surface area contributed by atoms with E-state index in [4.69, 9.17) is 4.74 Å². The molecule has 2 nitrogen and oxygen atoms in total. The predicted octanol–water partition coefficient (Wildman–Crippen LogP) is 4.65. The van der Waals surface area contributed by atoms with Gasteiger partial charge in [0.2, 0.25) is 0 Å². The van der Waals surface area contributed by atoms with E-state index in [2.05, 4.69) is 19.9 Å². The van der Waals surface area contributed by atoms with Crippen LogP contribution < -0.4 is 4.74 Å². The summed E-state index contributed by atoms with van der Waals surface area (Å²) in [6.45, 7) is 4.77. The topological polar surface area (TPSA) is 26.3 Å². The number of rotatable bonds is 6. The van der Waals surface area contributed by atoms with E-state index in [-0.39, 0.29) is 5.78 Å². The molecule has 0 amide bonds. The first-order valence-corrected chi connectivity index (χ1v) is 7.19. The molecule has 0 heterocycles. The van der Waals surface area contributed by atoms with Crippen molar-refractivity contribution in [2.45, 2.75) is 20.3 Å². The molecule has 0 atom stereocenters. The Labute approximate surface area is 126 Å².